The molecule has 0 unspecified atom stereocenters. The fourth-order valence-corrected chi connectivity index (χ4v) is 3.70. The minimum absolute atomic E-state index is 0. The second kappa shape index (κ2) is 11.4. The Labute approximate surface area is 207 Å². The zero-order valence-electron chi connectivity index (χ0n) is 18.1. The number of hydrogen-bond acceptors (Lipinski definition) is 0. The van der Waals surface area contributed by atoms with Gasteiger partial charge in [0.05, 0.1) is 0 Å². The van der Waals surface area contributed by atoms with Crippen molar-refractivity contribution in [2.24, 2.45) is 5.41 Å². The molecule has 0 bridgehead atoms. The zero-order valence-corrected chi connectivity index (χ0v) is 23.3. The zero-order chi connectivity index (χ0) is 18.9. The van der Waals surface area contributed by atoms with Crippen molar-refractivity contribution in [3.8, 4) is 11.1 Å². The van der Waals surface area contributed by atoms with E-state index >= 15 is 0 Å². The van der Waals surface area contributed by atoms with E-state index in [1.807, 2.05) is 0 Å². The predicted molar refractivity (Wildman–Crippen MR) is 129 cm³/mol. The van der Waals surface area contributed by atoms with E-state index in [-0.39, 0.29) is 56.1 Å². The van der Waals surface area contributed by atoms with E-state index in [4.69, 9.17) is 0 Å². The number of aryl methyl sites for hydroxylation is 1. The van der Waals surface area contributed by atoms with Gasteiger partial charge in [0.1, 0.15) is 0 Å². The van der Waals surface area contributed by atoms with E-state index in [1.165, 1.54) is 44.2 Å². The quantitative estimate of drug-likeness (QED) is 0.197. The van der Waals surface area contributed by atoms with Gasteiger partial charge in [0.25, 0.3) is 0 Å². The molecule has 0 N–H and O–H groups in total. The first kappa shape index (κ1) is 28.0. The minimum Gasteiger partial charge on any atom is -0.263 e. The molecule has 29 heavy (non-hydrogen) atoms. The summed E-state index contributed by atoms with van der Waals surface area (Å²) in [6.07, 6.45) is 3.44. The number of halogens is 2. The van der Waals surface area contributed by atoms with E-state index in [9.17, 15) is 0 Å². The number of rotatable bonds is 1. The molecule has 3 aromatic rings. The van der Waals surface area contributed by atoms with Gasteiger partial charge < -0.3 is 0 Å². The summed E-state index contributed by atoms with van der Waals surface area (Å²) in [4.78, 5) is 0. The minimum atomic E-state index is 0. The van der Waals surface area contributed by atoms with Crippen molar-refractivity contribution < 1.29 is 25.8 Å². The van der Waals surface area contributed by atoms with Crippen LogP contribution in [0.1, 0.15) is 40.2 Å². The Morgan fingerprint density at radius 2 is 1.38 bits per heavy atom. The molecular weight excluding hydrogens is 562 g/mol. The van der Waals surface area contributed by atoms with Gasteiger partial charge in [-0.3, -0.25) is 6.08 Å². The number of fused-ring (bicyclic) bond motifs is 1. The van der Waals surface area contributed by atoms with Gasteiger partial charge in [-0.05, 0) is 0 Å². The average Bonchev–Trinajstić information content (AvgIpc) is 3.06. The van der Waals surface area contributed by atoms with Gasteiger partial charge in [0.2, 0.25) is 0 Å². The molecule has 1 aliphatic rings. The van der Waals surface area contributed by atoms with Crippen molar-refractivity contribution in [1.82, 2.24) is 0 Å². The first-order chi connectivity index (χ1) is 12.3. The first-order valence-corrected chi connectivity index (χ1v) is 9.32. The average molecular weight is 592 g/mol. The maximum Gasteiger partial charge on any atom is 0 e. The van der Waals surface area contributed by atoms with Crippen LogP contribution in [0.2, 0.25) is 0 Å². The summed E-state index contributed by atoms with van der Waals surface area (Å²) in [7, 11) is 0. The Balaban J connectivity index is 0.000000535. The van der Waals surface area contributed by atoms with Crippen LogP contribution in [0, 0.1) is 18.4 Å². The summed E-state index contributed by atoms with van der Waals surface area (Å²) < 4.78 is 0. The summed E-state index contributed by atoms with van der Waals surface area (Å²) >= 11 is 0. The Morgan fingerprint density at radius 3 is 1.83 bits per heavy atom. The number of benzene rings is 2. The van der Waals surface area contributed by atoms with E-state index in [0.717, 1.165) is 0 Å². The first-order valence-electron chi connectivity index (χ1n) is 9.32. The van der Waals surface area contributed by atoms with Crippen LogP contribution in [-0.4, -0.2) is 0 Å². The molecule has 1 aliphatic carbocycles. The molecule has 0 aliphatic heterocycles. The number of allylic oxidation sites excluding steroid dienone is 4. The Hall–Kier alpha value is -1.02. The normalized spacial score (nSPS) is 14.1. The van der Waals surface area contributed by atoms with E-state index in [1.54, 1.807) is 0 Å². The van der Waals surface area contributed by atoms with Crippen LogP contribution in [0.25, 0.3) is 21.9 Å². The molecule has 0 nitrogen and oxygen atoms in total. The molecule has 0 saturated heterocycles. The molecule has 0 aromatic heterocycles. The van der Waals surface area contributed by atoms with Gasteiger partial charge in [-0.1, -0.05) is 94.1 Å². The summed E-state index contributed by atoms with van der Waals surface area (Å²) in [6, 6.07) is 21.4. The van der Waals surface area contributed by atoms with E-state index in [0.29, 0.717) is 0 Å². The third kappa shape index (κ3) is 6.00. The molecular formula is C26H30Cl2Hf-2. The van der Waals surface area contributed by atoms with Crippen LogP contribution in [0.15, 0.2) is 77.4 Å². The van der Waals surface area contributed by atoms with Crippen molar-refractivity contribution in [1.29, 1.82) is 0 Å². The Kier molecular flexibility index (Phi) is 11.0. The molecule has 0 heterocycles. The Bertz CT molecular complexity index is 992. The summed E-state index contributed by atoms with van der Waals surface area (Å²) in [5.41, 5.74) is 8.42. The van der Waals surface area contributed by atoms with Crippen molar-refractivity contribution in [3.05, 3.63) is 89.0 Å². The Morgan fingerprint density at radius 1 is 0.828 bits per heavy atom. The standard InChI is InChI=1S/C16H13.C10H15.2ClH.Hf/c1-12-15-10-6-5-9-14(15)11-16(12)13-7-3-2-4-8-13;1-7-6-10(4,5)9(3)8(7)2;;;/h2-11H,1H3;1-5H3;2*1H;/q2*-1;;;. The van der Waals surface area contributed by atoms with Crippen LogP contribution in [0.4, 0.5) is 0 Å². The molecule has 0 amide bonds. The molecule has 0 atom stereocenters. The molecule has 0 saturated carbocycles. The predicted octanol–water partition coefficient (Wildman–Crippen LogP) is 8.49. The summed E-state index contributed by atoms with van der Waals surface area (Å²) in [5.74, 6) is 0. The SMILES string of the molecule is CC1=[C-]C(C)(C)C(C)=C1C.C[c-]1c(-c2ccccc2)cc2ccccc21.Cl.Cl.[Hf]. The molecule has 154 valence electrons. The van der Waals surface area contributed by atoms with Crippen LogP contribution in [0.5, 0.6) is 0 Å². The fourth-order valence-electron chi connectivity index (χ4n) is 3.70. The second-order valence-corrected chi connectivity index (χ2v) is 7.76. The molecule has 0 spiro atoms. The van der Waals surface area contributed by atoms with Gasteiger partial charge in [-0.25, -0.2) is 5.57 Å². The molecule has 0 fully saturated rings. The van der Waals surface area contributed by atoms with Crippen molar-refractivity contribution in [3.63, 3.8) is 0 Å². The summed E-state index contributed by atoms with van der Waals surface area (Å²) in [5, 5.41) is 2.69. The fraction of sp³-hybridized carbons (Fsp3) is 0.269. The maximum atomic E-state index is 3.44. The largest absolute Gasteiger partial charge is 0.263 e. The van der Waals surface area contributed by atoms with E-state index < -0.39 is 0 Å². The van der Waals surface area contributed by atoms with Crippen molar-refractivity contribution in [2.45, 2.75) is 41.5 Å². The van der Waals surface area contributed by atoms with Gasteiger partial charge in [0, 0.05) is 25.8 Å². The molecule has 4 rings (SSSR count). The second-order valence-electron chi connectivity index (χ2n) is 7.76. The smallest absolute Gasteiger partial charge is 0 e. The van der Waals surface area contributed by atoms with Crippen molar-refractivity contribution in [2.75, 3.05) is 0 Å². The monoisotopic (exact) mass is 592 g/mol. The molecule has 0 radical (unpaired) electrons. The van der Waals surface area contributed by atoms with Gasteiger partial charge in [0.15, 0.2) is 0 Å². The van der Waals surface area contributed by atoms with Gasteiger partial charge in [-0.15, -0.1) is 65.8 Å². The van der Waals surface area contributed by atoms with Crippen LogP contribution >= 0.6 is 24.8 Å². The van der Waals surface area contributed by atoms with Crippen LogP contribution < -0.4 is 0 Å². The number of hydrogen-bond donors (Lipinski definition) is 0. The van der Waals surface area contributed by atoms with Gasteiger partial charge >= 0.3 is 0 Å². The third-order valence-electron chi connectivity index (χ3n) is 5.72. The third-order valence-corrected chi connectivity index (χ3v) is 5.72. The maximum absolute atomic E-state index is 3.44. The van der Waals surface area contributed by atoms with Crippen LogP contribution in [-0.2, 0) is 25.8 Å². The molecule has 3 heteroatoms. The topological polar surface area (TPSA) is 0 Å². The summed E-state index contributed by atoms with van der Waals surface area (Å²) in [6.45, 7) is 13.1. The van der Waals surface area contributed by atoms with Crippen molar-refractivity contribution >= 4 is 35.6 Å². The van der Waals surface area contributed by atoms with E-state index in [2.05, 4.69) is 108 Å². The molecule has 3 aromatic carbocycles. The van der Waals surface area contributed by atoms with Crippen LogP contribution in [0.3, 0.4) is 0 Å². The van der Waals surface area contributed by atoms with Gasteiger partial charge in [-0.2, -0.15) is 11.1 Å².